The molecule has 0 saturated carbocycles. The molecule has 0 aliphatic heterocycles. The quantitative estimate of drug-likeness (QED) is 0.259. The van der Waals surface area contributed by atoms with E-state index >= 15 is 0 Å². The summed E-state index contributed by atoms with van der Waals surface area (Å²) in [5.74, 6) is 0.221. The second-order valence-corrected chi connectivity index (χ2v) is 7.90. The third-order valence-electron chi connectivity index (χ3n) is 5.82. The van der Waals surface area contributed by atoms with Crippen LogP contribution in [0.1, 0.15) is 79.2 Å². The Morgan fingerprint density at radius 1 is 1.24 bits per heavy atom. The van der Waals surface area contributed by atoms with Crippen molar-refractivity contribution in [2.45, 2.75) is 78.6 Å². The fourth-order valence-corrected chi connectivity index (χ4v) is 4.53. The van der Waals surface area contributed by atoms with E-state index in [0.717, 1.165) is 30.3 Å². The SMILES string of the molecule is CCOC(=N)CCC1=C(O)CC(c2c(C)cc(C)c(CCCC=O)c2C)CC1=O. The summed E-state index contributed by atoms with van der Waals surface area (Å²) in [6, 6.07) is 2.16. The number of hydrogen-bond acceptors (Lipinski definition) is 5. The van der Waals surface area contributed by atoms with Gasteiger partial charge in [-0.25, -0.2) is 0 Å². The van der Waals surface area contributed by atoms with Crippen LogP contribution in [0.4, 0.5) is 0 Å². The van der Waals surface area contributed by atoms with Crippen molar-refractivity contribution < 1.29 is 19.4 Å². The fraction of sp³-hybridized carbons (Fsp3) is 0.542. The topological polar surface area (TPSA) is 87.4 Å². The van der Waals surface area contributed by atoms with Gasteiger partial charge in [0.1, 0.15) is 6.29 Å². The van der Waals surface area contributed by atoms with E-state index in [1.54, 1.807) is 0 Å². The van der Waals surface area contributed by atoms with Crippen LogP contribution in [0.15, 0.2) is 17.4 Å². The summed E-state index contributed by atoms with van der Waals surface area (Å²) in [5, 5.41) is 18.3. The zero-order chi connectivity index (χ0) is 21.6. The summed E-state index contributed by atoms with van der Waals surface area (Å²) >= 11 is 0. The predicted molar refractivity (Wildman–Crippen MR) is 115 cm³/mol. The average molecular weight is 400 g/mol. The number of ether oxygens (including phenoxy) is 1. The van der Waals surface area contributed by atoms with Crippen molar-refractivity contribution in [3.63, 3.8) is 0 Å². The number of aliphatic hydroxyl groups is 1. The number of aryl methyl sites for hydroxylation is 2. The maximum Gasteiger partial charge on any atom is 0.180 e. The molecular formula is C24H33NO4. The Kier molecular flexibility index (Phi) is 8.18. The van der Waals surface area contributed by atoms with E-state index in [2.05, 4.69) is 26.8 Å². The van der Waals surface area contributed by atoms with Crippen LogP contribution in [0.5, 0.6) is 0 Å². The summed E-state index contributed by atoms with van der Waals surface area (Å²) < 4.78 is 5.14. The Labute approximate surface area is 173 Å². The number of rotatable bonds is 9. The van der Waals surface area contributed by atoms with Crippen molar-refractivity contribution in [3.8, 4) is 0 Å². The number of carbonyl (C=O) groups is 2. The fourth-order valence-electron chi connectivity index (χ4n) is 4.53. The van der Waals surface area contributed by atoms with Gasteiger partial charge in [0.2, 0.25) is 0 Å². The highest BCUT2D eigenvalue weighted by Gasteiger charge is 2.31. The largest absolute Gasteiger partial charge is 0.512 e. The van der Waals surface area contributed by atoms with Gasteiger partial charge in [-0.3, -0.25) is 10.2 Å². The molecule has 1 aliphatic carbocycles. The molecule has 0 heterocycles. The lowest BCUT2D eigenvalue weighted by Crippen LogP contribution is -2.21. The normalized spacial score (nSPS) is 16.8. The van der Waals surface area contributed by atoms with Crippen LogP contribution in [-0.4, -0.2) is 29.7 Å². The van der Waals surface area contributed by atoms with Crippen molar-refractivity contribution in [1.82, 2.24) is 0 Å². The van der Waals surface area contributed by atoms with Crippen LogP contribution in [-0.2, 0) is 20.7 Å². The molecule has 1 atom stereocenters. The third-order valence-corrected chi connectivity index (χ3v) is 5.82. The lowest BCUT2D eigenvalue weighted by molar-refractivity contribution is -0.116. The van der Waals surface area contributed by atoms with Crippen molar-refractivity contribution >= 4 is 18.0 Å². The first-order valence-electron chi connectivity index (χ1n) is 10.5. The molecule has 5 nitrogen and oxygen atoms in total. The summed E-state index contributed by atoms with van der Waals surface area (Å²) in [6.45, 7) is 8.50. The highest BCUT2D eigenvalue weighted by Crippen LogP contribution is 2.39. The van der Waals surface area contributed by atoms with Crippen molar-refractivity contribution in [1.29, 1.82) is 5.41 Å². The molecule has 2 N–H and O–H groups in total. The molecule has 29 heavy (non-hydrogen) atoms. The number of aliphatic hydroxyl groups excluding tert-OH is 1. The molecule has 5 heteroatoms. The van der Waals surface area contributed by atoms with Gasteiger partial charge >= 0.3 is 0 Å². The van der Waals surface area contributed by atoms with Crippen LogP contribution in [0.25, 0.3) is 0 Å². The van der Waals surface area contributed by atoms with Crippen LogP contribution in [0, 0.1) is 26.2 Å². The van der Waals surface area contributed by atoms with Crippen molar-refractivity contribution in [3.05, 3.63) is 45.2 Å². The van der Waals surface area contributed by atoms with Gasteiger partial charge in [-0.1, -0.05) is 6.07 Å². The highest BCUT2D eigenvalue weighted by atomic mass is 16.5. The Morgan fingerprint density at radius 3 is 2.59 bits per heavy atom. The number of unbranched alkanes of at least 4 members (excludes halogenated alkanes) is 1. The molecule has 0 saturated heterocycles. The van der Waals surface area contributed by atoms with Crippen molar-refractivity contribution in [2.24, 2.45) is 0 Å². The first kappa shape index (κ1) is 22.9. The zero-order valence-electron chi connectivity index (χ0n) is 18.1. The predicted octanol–water partition coefficient (Wildman–Crippen LogP) is 5.19. The molecular weight excluding hydrogens is 366 g/mol. The van der Waals surface area contributed by atoms with E-state index in [4.69, 9.17) is 10.1 Å². The van der Waals surface area contributed by atoms with Gasteiger partial charge < -0.3 is 14.6 Å². The van der Waals surface area contributed by atoms with E-state index in [0.29, 0.717) is 44.3 Å². The van der Waals surface area contributed by atoms with Gasteiger partial charge in [-0.05, 0) is 80.7 Å². The summed E-state index contributed by atoms with van der Waals surface area (Å²) in [7, 11) is 0. The minimum atomic E-state index is -0.0389. The monoisotopic (exact) mass is 399 g/mol. The molecule has 0 aromatic heterocycles. The van der Waals surface area contributed by atoms with Gasteiger partial charge in [-0.15, -0.1) is 0 Å². The Balaban J connectivity index is 2.25. The van der Waals surface area contributed by atoms with Crippen LogP contribution in [0.3, 0.4) is 0 Å². The summed E-state index contributed by atoms with van der Waals surface area (Å²) in [5.41, 5.74) is 6.38. The highest BCUT2D eigenvalue weighted by molar-refractivity contribution is 5.97. The molecule has 1 aliphatic rings. The van der Waals surface area contributed by atoms with Crippen LogP contribution < -0.4 is 0 Å². The number of hydrogen-bond donors (Lipinski definition) is 2. The molecule has 0 amide bonds. The maximum absolute atomic E-state index is 12.8. The summed E-state index contributed by atoms with van der Waals surface area (Å²) in [4.78, 5) is 23.5. The Bertz CT molecular complexity index is 823. The standard InChI is InChI=1S/C24H33NO4/c1-5-29-23(25)10-9-20-21(27)13-18(14-22(20)28)24-16(3)12-15(2)19(17(24)4)8-6-7-11-26/h11-12,18,25,27H,5-10,13-14H2,1-4H3. The van der Waals surface area contributed by atoms with E-state index in [1.165, 1.54) is 16.7 Å². The molecule has 1 unspecified atom stereocenters. The minimum absolute atomic E-state index is 0.0371. The number of Topliss-reactive ketones (excluding diaryl/α,β-unsaturated/α-hetero) is 1. The first-order chi connectivity index (χ1) is 13.8. The van der Waals surface area contributed by atoms with E-state index < -0.39 is 0 Å². The van der Waals surface area contributed by atoms with E-state index in [1.807, 2.05) is 6.92 Å². The molecule has 1 aromatic rings. The summed E-state index contributed by atoms with van der Waals surface area (Å²) in [6.07, 6.45) is 4.66. The first-order valence-corrected chi connectivity index (χ1v) is 10.5. The number of benzene rings is 1. The molecule has 0 radical (unpaired) electrons. The van der Waals surface area contributed by atoms with E-state index in [-0.39, 0.29) is 23.4 Å². The number of aldehydes is 1. The number of nitrogens with one attached hydrogen (secondary N) is 1. The molecule has 0 bridgehead atoms. The second-order valence-electron chi connectivity index (χ2n) is 7.90. The van der Waals surface area contributed by atoms with Gasteiger partial charge in [0, 0.05) is 31.3 Å². The Hall–Kier alpha value is -2.43. The minimum Gasteiger partial charge on any atom is -0.512 e. The third kappa shape index (κ3) is 5.55. The van der Waals surface area contributed by atoms with Crippen LogP contribution >= 0.6 is 0 Å². The van der Waals surface area contributed by atoms with Gasteiger partial charge in [0.05, 0.1) is 12.4 Å². The molecule has 1 aromatic carbocycles. The second kappa shape index (κ2) is 10.4. The lowest BCUT2D eigenvalue weighted by atomic mass is 9.76. The van der Waals surface area contributed by atoms with Crippen molar-refractivity contribution in [2.75, 3.05) is 6.61 Å². The van der Waals surface area contributed by atoms with Gasteiger partial charge in [0.25, 0.3) is 0 Å². The van der Waals surface area contributed by atoms with Gasteiger partial charge in [0.15, 0.2) is 11.7 Å². The van der Waals surface area contributed by atoms with Gasteiger partial charge in [-0.2, -0.15) is 0 Å². The smallest absolute Gasteiger partial charge is 0.180 e. The molecule has 0 fully saturated rings. The molecule has 158 valence electrons. The average Bonchev–Trinajstić information content (AvgIpc) is 2.63. The Morgan fingerprint density at radius 2 is 1.97 bits per heavy atom. The molecule has 2 rings (SSSR count). The molecule has 0 spiro atoms. The number of carbonyl (C=O) groups excluding carboxylic acids is 2. The lowest BCUT2D eigenvalue weighted by Gasteiger charge is -2.28. The van der Waals surface area contributed by atoms with Crippen LogP contribution in [0.2, 0.25) is 0 Å². The van der Waals surface area contributed by atoms with E-state index in [9.17, 15) is 14.7 Å². The zero-order valence-corrected chi connectivity index (χ0v) is 18.1. The number of allylic oxidation sites excluding steroid dienone is 2. The number of ketones is 1. The maximum atomic E-state index is 12.8.